The summed E-state index contributed by atoms with van der Waals surface area (Å²) in [5.41, 5.74) is 7.98. The summed E-state index contributed by atoms with van der Waals surface area (Å²) in [6.45, 7) is 5.62. The van der Waals surface area contributed by atoms with Crippen LogP contribution in [0.15, 0.2) is 24.3 Å². The van der Waals surface area contributed by atoms with Crippen molar-refractivity contribution < 1.29 is 0 Å². The van der Waals surface area contributed by atoms with Gasteiger partial charge in [-0.1, -0.05) is 37.3 Å². The largest absolute Gasteiger partial charge is 0.389 e. The van der Waals surface area contributed by atoms with Gasteiger partial charge in [0.05, 0.1) is 0 Å². The fraction of sp³-hybridized carbons (Fsp3) is 0.533. The first kappa shape index (κ1) is 13.5. The Morgan fingerprint density at radius 2 is 2.22 bits per heavy atom. The molecular formula is C15H22N2S. The summed E-state index contributed by atoms with van der Waals surface area (Å²) in [6.07, 6.45) is 3.87. The number of hydrogen-bond acceptors (Lipinski definition) is 2. The van der Waals surface area contributed by atoms with Crippen LogP contribution in [0.25, 0.3) is 0 Å². The highest BCUT2D eigenvalue weighted by Gasteiger charge is 2.28. The monoisotopic (exact) mass is 262 g/mol. The van der Waals surface area contributed by atoms with Gasteiger partial charge in [-0.25, -0.2) is 0 Å². The molecule has 2 N–H and O–H groups in total. The summed E-state index contributed by atoms with van der Waals surface area (Å²) < 4.78 is 0. The SMILES string of the molecule is CCC1CCC(C)N1Cc1cccc(C(N)=S)c1. The molecule has 0 amide bonds. The van der Waals surface area contributed by atoms with E-state index in [0.717, 1.165) is 18.2 Å². The Morgan fingerprint density at radius 1 is 1.44 bits per heavy atom. The molecule has 2 rings (SSSR count). The molecule has 1 aliphatic heterocycles. The second-order valence-corrected chi connectivity index (χ2v) is 5.67. The molecule has 0 saturated carbocycles. The fourth-order valence-electron chi connectivity index (χ4n) is 2.88. The number of thiocarbonyl (C=S) groups is 1. The lowest BCUT2D eigenvalue weighted by molar-refractivity contribution is 0.189. The third kappa shape index (κ3) is 2.90. The van der Waals surface area contributed by atoms with E-state index in [2.05, 4.69) is 30.9 Å². The predicted molar refractivity (Wildman–Crippen MR) is 80.6 cm³/mol. The Labute approximate surface area is 115 Å². The molecule has 98 valence electrons. The first-order chi connectivity index (χ1) is 8.61. The number of likely N-dealkylation sites (tertiary alicyclic amines) is 1. The Balaban J connectivity index is 2.13. The molecule has 1 fully saturated rings. The average molecular weight is 262 g/mol. The molecule has 0 spiro atoms. The van der Waals surface area contributed by atoms with Crippen LogP contribution in [-0.2, 0) is 6.54 Å². The zero-order valence-electron chi connectivity index (χ0n) is 11.2. The van der Waals surface area contributed by atoms with E-state index in [-0.39, 0.29) is 0 Å². The topological polar surface area (TPSA) is 29.3 Å². The number of nitrogens with two attached hydrogens (primary N) is 1. The molecule has 2 atom stereocenters. The van der Waals surface area contributed by atoms with E-state index in [1.807, 2.05) is 12.1 Å². The van der Waals surface area contributed by atoms with Crippen LogP contribution in [0.1, 0.15) is 44.2 Å². The molecule has 0 bridgehead atoms. The van der Waals surface area contributed by atoms with Gasteiger partial charge in [0.15, 0.2) is 0 Å². The van der Waals surface area contributed by atoms with Crippen molar-refractivity contribution in [3.05, 3.63) is 35.4 Å². The highest BCUT2D eigenvalue weighted by molar-refractivity contribution is 7.80. The summed E-state index contributed by atoms with van der Waals surface area (Å²) in [7, 11) is 0. The van der Waals surface area contributed by atoms with Crippen molar-refractivity contribution in [1.82, 2.24) is 4.90 Å². The van der Waals surface area contributed by atoms with Crippen LogP contribution in [0.5, 0.6) is 0 Å². The Kier molecular flexibility index (Phi) is 4.36. The molecule has 3 heteroatoms. The third-order valence-corrected chi connectivity index (χ3v) is 4.24. The average Bonchev–Trinajstić information content (AvgIpc) is 2.71. The quantitative estimate of drug-likeness (QED) is 0.846. The van der Waals surface area contributed by atoms with Crippen LogP contribution in [0.2, 0.25) is 0 Å². The van der Waals surface area contributed by atoms with Crippen LogP contribution in [0.4, 0.5) is 0 Å². The summed E-state index contributed by atoms with van der Waals surface area (Å²) >= 11 is 5.04. The van der Waals surface area contributed by atoms with Gasteiger partial charge in [-0.2, -0.15) is 0 Å². The van der Waals surface area contributed by atoms with E-state index in [9.17, 15) is 0 Å². The highest BCUT2D eigenvalue weighted by Crippen LogP contribution is 2.27. The van der Waals surface area contributed by atoms with Gasteiger partial charge in [-0.3, -0.25) is 4.90 Å². The van der Waals surface area contributed by atoms with Gasteiger partial charge in [0.1, 0.15) is 4.99 Å². The molecule has 1 heterocycles. The van der Waals surface area contributed by atoms with Crippen LogP contribution < -0.4 is 5.73 Å². The van der Waals surface area contributed by atoms with Gasteiger partial charge in [0.25, 0.3) is 0 Å². The van der Waals surface area contributed by atoms with E-state index >= 15 is 0 Å². The van der Waals surface area contributed by atoms with Gasteiger partial charge in [0, 0.05) is 24.2 Å². The van der Waals surface area contributed by atoms with Gasteiger partial charge >= 0.3 is 0 Å². The Hall–Kier alpha value is -0.930. The lowest BCUT2D eigenvalue weighted by atomic mass is 10.1. The lowest BCUT2D eigenvalue weighted by Gasteiger charge is -2.27. The normalized spacial score (nSPS) is 24.3. The zero-order chi connectivity index (χ0) is 13.1. The third-order valence-electron chi connectivity index (χ3n) is 4.00. The minimum absolute atomic E-state index is 0.485. The lowest BCUT2D eigenvalue weighted by Crippen LogP contribution is -2.33. The maximum atomic E-state index is 5.69. The number of rotatable bonds is 4. The molecular weight excluding hydrogens is 240 g/mol. The standard InChI is InChI=1S/C15H22N2S/c1-3-14-8-7-11(2)17(14)10-12-5-4-6-13(9-12)15(16)18/h4-6,9,11,14H,3,7-8,10H2,1-2H3,(H2,16,18). The van der Waals surface area contributed by atoms with E-state index in [1.54, 1.807) is 0 Å². The molecule has 18 heavy (non-hydrogen) atoms. The van der Waals surface area contributed by atoms with Crippen molar-refractivity contribution >= 4 is 17.2 Å². The second-order valence-electron chi connectivity index (χ2n) is 5.23. The van der Waals surface area contributed by atoms with Crippen molar-refractivity contribution in [2.24, 2.45) is 5.73 Å². The van der Waals surface area contributed by atoms with Crippen LogP contribution in [-0.4, -0.2) is 22.0 Å². The smallest absolute Gasteiger partial charge is 0.103 e. The van der Waals surface area contributed by atoms with E-state index < -0.39 is 0 Å². The van der Waals surface area contributed by atoms with Crippen molar-refractivity contribution in [2.75, 3.05) is 0 Å². The molecule has 1 aromatic rings. The zero-order valence-corrected chi connectivity index (χ0v) is 12.0. The summed E-state index contributed by atoms with van der Waals surface area (Å²) in [4.78, 5) is 3.09. The van der Waals surface area contributed by atoms with Crippen LogP contribution in [0, 0.1) is 0 Å². The van der Waals surface area contributed by atoms with E-state index in [4.69, 9.17) is 18.0 Å². The summed E-state index contributed by atoms with van der Waals surface area (Å²) in [6, 6.07) is 9.73. The molecule has 1 aromatic carbocycles. The maximum Gasteiger partial charge on any atom is 0.103 e. The molecule has 0 radical (unpaired) electrons. The predicted octanol–water partition coefficient (Wildman–Crippen LogP) is 3.08. The van der Waals surface area contributed by atoms with Crippen molar-refractivity contribution in [2.45, 2.75) is 51.7 Å². The summed E-state index contributed by atoms with van der Waals surface area (Å²) in [5.74, 6) is 0. The first-order valence-electron chi connectivity index (χ1n) is 6.76. The highest BCUT2D eigenvalue weighted by atomic mass is 32.1. The van der Waals surface area contributed by atoms with Crippen molar-refractivity contribution in [1.29, 1.82) is 0 Å². The number of benzene rings is 1. The first-order valence-corrected chi connectivity index (χ1v) is 7.17. The Bertz CT molecular complexity index is 430. The molecule has 1 aliphatic rings. The van der Waals surface area contributed by atoms with Crippen LogP contribution >= 0.6 is 12.2 Å². The van der Waals surface area contributed by atoms with Crippen LogP contribution in [0.3, 0.4) is 0 Å². The molecule has 0 aromatic heterocycles. The van der Waals surface area contributed by atoms with E-state index in [0.29, 0.717) is 11.0 Å². The fourth-order valence-corrected chi connectivity index (χ4v) is 3.01. The van der Waals surface area contributed by atoms with E-state index in [1.165, 1.54) is 24.8 Å². The Morgan fingerprint density at radius 3 is 2.89 bits per heavy atom. The molecule has 1 saturated heterocycles. The number of nitrogens with zero attached hydrogens (tertiary/aromatic N) is 1. The van der Waals surface area contributed by atoms with Crippen molar-refractivity contribution in [3.8, 4) is 0 Å². The second kappa shape index (κ2) is 5.81. The molecule has 2 nitrogen and oxygen atoms in total. The molecule has 2 unspecified atom stereocenters. The minimum atomic E-state index is 0.485. The molecule has 0 aliphatic carbocycles. The van der Waals surface area contributed by atoms with Gasteiger partial charge < -0.3 is 5.73 Å². The minimum Gasteiger partial charge on any atom is -0.389 e. The van der Waals surface area contributed by atoms with Crippen molar-refractivity contribution in [3.63, 3.8) is 0 Å². The van der Waals surface area contributed by atoms with Gasteiger partial charge in [-0.15, -0.1) is 0 Å². The number of hydrogen-bond donors (Lipinski definition) is 1. The maximum absolute atomic E-state index is 5.69. The van der Waals surface area contributed by atoms with Gasteiger partial charge in [0.2, 0.25) is 0 Å². The summed E-state index contributed by atoms with van der Waals surface area (Å²) in [5, 5.41) is 0. The van der Waals surface area contributed by atoms with Gasteiger partial charge in [-0.05, 0) is 37.8 Å².